The Balaban J connectivity index is 1.34. The molecule has 0 radical (unpaired) electrons. The van der Waals surface area contributed by atoms with E-state index in [9.17, 15) is 0 Å². The van der Waals surface area contributed by atoms with E-state index in [2.05, 4.69) is 187 Å². The van der Waals surface area contributed by atoms with Crippen molar-refractivity contribution in [2.75, 3.05) is 4.90 Å². The SMILES string of the molecule is c1ccc(-c2ccc(N(c3ccc4oc5ccccc5c4c3-c3cc4ccccc4c4ccccc34)c3cccc4ccccc34)cc2)cc1. The van der Waals surface area contributed by atoms with E-state index in [1.807, 2.05) is 6.07 Å². The molecule has 1 heterocycles. The summed E-state index contributed by atoms with van der Waals surface area (Å²) in [6.07, 6.45) is 0. The van der Waals surface area contributed by atoms with Gasteiger partial charge in [0, 0.05) is 27.4 Å². The van der Waals surface area contributed by atoms with Crippen LogP contribution in [0, 0.1) is 0 Å². The second-order valence-corrected chi connectivity index (χ2v) is 12.9. The summed E-state index contributed by atoms with van der Waals surface area (Å²) in [6.45, 7) is 0. The van der Waals surface area contributed by atoms with Crippen LogP contribution in [0.4, 0.5) is 17.1 Å². The maximum Gasteiger partial charge on any atom is 0.136 e. The highest BCUT2D eigenvalue weighted by Gasteiger charge is 2.25. The Morgan fingerprint density at radius 3 is 1.80 bits per heavy atom. The van der Waals surface area contributed by atoms with E-state index >= 15 is 0 Å². The van der Waals surface area contributed by atoms with E-state index < -0.39 is 0 Å². The second kappa shape index (κ2) is 11.5. The van der Waals surface area contributed by atoms with Crippen molar-refractivity contribution in [3.05, 3.63) is 188 Å². The Hall–Kier alpha value is -6.64. The molecule has 2 nitrogen and oxygen atoms in total. The van der Waals surface area contributed by atoms with Crippen LogP contribution in [0.2, 0.25) is 0 Å². The zero-order valence-electron chi connectivity index (χ0n) is 27.3. The summed E-state index contributed by atoms with van der Waals surface area (Å²) >= 11 is 0. The predicted octanol–water partition coefficient (Wildman–Crippen LogP) is 13.8. The molecule has 1 aromatic heterocycles. The lowest BCUT2D eigenvalue weighted by Gasteiger charge is -2.30. The molecule has 50 heavy (non-hydrogen) atoms. The lowest BCUT2D eigenvalue weighted by molar-refractivity contribution is 0.669. The molecule has 0 N–H and O–H groups in total. The van der Waals surface area contributed by atoms with E-state index in [1.165, 1.54) is 49.0 Å². The van der Waals surface area contributed by atoms with Crippen LogP contribution in [-0.4, -0.2) is 0 Å². The fourth-order valence-corrected chi connectivity index (χ4v) is 7.77. The summed E-state index contributed by atoms with van der Waals surface area (Å²) in [5, 5.41) is 9.51. The molecule has 0 amide bonds. The third-order valence-corrected chi connectivity index (χ3v) is 10.0. The van der Waals surface area contributed by atoms with Gasteiger partial charge in [-0.1, -0.05) is 146 Å². The molecule has 234 valence electrons. The zero-order valence-corrected chi connectivity index (χ0v) is 27.3. The quantitative estimate of drug-likeness (QED) is 0.175. The van der Waals surface area contributed by atoms with E-state index in [0.29, 0.717) is 0 Å². The van der Waals surface area contributed by atoms with E-state index in [-0.39, 0.29) is 0 Å². The maximum atomic E-state index is 6.58. The molecule has 10 aromatic rings. The van der Waals surface area contributed by atoms with Gasteiger partial charge in [0.1, 0.15) is 11.2 Å². The van der Waals surface area contributed by atoms with Gasteiger partial charge in [-0.25, -0.2) is 0 Å². The average molecular weight is 638 g/mol. The first-order valence-corrected chi connectivity index (χ1v) is 17.1. The number of hydrogen-bond acceptors (Lipinski definition) is 2. The molecule has 9 aromatic carbocycles. The van der Waals surface area contributed by atoms with Crippen LogP contribution < -0.4 is 4.90 Å². The van der Waals surface area contributed by atoms with Gasteiger partial charge in [0.05, 0.1) is 11.4 Å². The number of anilines is 3. The van der Waals surface area contributed by atoms with Crippen LogP contribution in [0.15, 0.2) is 192 Å². The Bertz CT molecular complexity index is 2860. The van der Waals surface area contributed by atoms with Crippen molar-refractivity contribution in [2.45, 2.75) is 0 Å². The topological polar surface area (TPSA) is 16.4 Å². The number of furan rings is 1. The van der Waals surface area contributed by atoms with Crippen molar-refractivity contribution < 1.29 is 4.42 Å². The van der Waals surface area contributed by atoms with Crippen molar-refractivity contribution in [3.8, 4) is 22.3 Å². The Kier molecular flexibility index (Phi) is 6.53. The third-order valence-electron chi connectivity index (χ3n) is 10.0. The number of hydrogen-bond donors (Lipinski definition) is 0. The first-order chi connectivity index (χ1) is 24.8. The number of nitrogens with zero attached hydrogens (tertiary/aromatic N) is 1. The maximum absolute atomic E-state index is 6.58. The van der Waals surface area contributed by atoms with Crippen LogP contribution in [0.1, 0.15) is 0 Å². The first kappa shape index (κ1) is 28.4. The van der Waals surface area contributed by atoms with Gasteiger partial charge < -0.3 is 9.32 Å². The zero-order chi connectivity index (χ0) is 33.0. The molecule has 0 spiro atoms. The van der Waals surface area contributed by atoms with E-state index in [0.717, 1.165) is 44.6 Å². The molecule has 10 rings (SSSR count). The lowest BCUT2D eigenvalue weighted by atomic mass is 9.89. The van der Waals surface area contributed by atoms with Crippen LogP contribution in [0.5, 0.6) is 0 Å². The molecule has 0 aliphatic heterocycles. The van der Waals surface area contributed by atoms with Crippen molar-refractivity contribution in [1.29, 1.82) is 0 Å². The minimum absolute atomic E-state index is 0.875. The molecule has 0 atom stereocenters. The third kappa shape index (κ3) is 4.50. The van der Waals surface area contributed by atoms with Crippen molar-refractivity contribution in [3.63, 3.8) is 0 Å². The van der Waals surface area contributed by atoms with Crippen LogP contribution >= 0.6 is 0 Å². The fraction of sp³-hybridized carbons (Fsp3) is 0. The molecule has 0 bridgehead atoms. The highest BCUT2D eigenvalue weighted by Crippen LogP contribution is 2.50. The minimum atomic E-state index is 0.875. The molecule has 0 unspecified atom stereocenters. The van der Waals surface area contributed by atoms with Crippen molar-refractivity contribution >= 4 is 71.3 Å². The summed E-state index contributed by atoms with van der Waals surface area (Å²) in [6, 6.07) is 67.5. The summed E-state index contributed by atoms with van der Waals surface area (Å²) in [5.41, 5.74) is 9.76. The van der Waals surface area contributed by atoms with Crippen LogP contribution in [-0.2, 0) is 0 Å². The Labute approximate surface area is 290 Å². The summed E-state index contributed by atoms with van der Waals surface area (Å²) in [4.78, 5) is 2.44. The van der Waals surface area contributed by atoms with Gasteiger partial charge in [0.15, 0.2) is 0 Å². The highest BCUT2D eigenvalue weighted by atomic mass is 16.3. The number of fused-ring (bicyclic) bond motifs is 7. The highest BCUT2D eigenvalue weighted by molar-refractivity contribution is 6.23. The van der Waals surface area contributed by atoms with Gasteiger partial charge in [0.25, 0.3) is 0 Å². The Morgan fingerprint density at radius 2 is 0.980 bits per heavy atom. The van der Waals surface area contributed by atoms with Gasteiger partial charge in [0.2, 0.25) is 0 Å². The Morgan fingerprint density at radius 1 is 0.360 bits per heavy atom. The fourth-order valence-electron chi connectivity index (χ4n) is 7.77. The van der Waals surface area contributed by atoms with Gasteiger partial charge >= 0.3 is 0 Å². The number of rotatable bonds is 5. The van der Waals surface area contributed by atoms with Crippen molar-refractivity contribution in [1.82, 2.24) is 0 Å². The molecule has 0 aliphatic rings. The molecule has 0 aliphatic carbocycles. The molecule has 2 heteroatoms. The van der Waals surface area contributed by atoms with Crippen LogP contribution in [0.25, 0.3) is 76.5 Å². The van der Waals surface area contributed by atoms with E-state index in [1.54, 1.807) is 0 Å². The smallest absolute Gasteiger partial charge is 0.136 e. The first-order valence-electron chi connectivity index (χ1n) is 17.1. The lowest BCUT2D eigenvalue weighted by Crippen LogP contribution is -2.12. The standard InChI is InChI=1S/C48H31NO/c1-2-13-32(14-3-1)33-25-27-36(28-26-33)49(43-23-12-17-34-15-4-7-19-38(34)43)44-29-30-46-48(41-22-10-11-24-45(41)50-46)47(44)42-31-35-16-5-6-18-37(35)39-20-8-9-21-40(39)42/h1-31H. The molecule has 0 saturated heterocycles. The monoisotopic (exact) mass is 637 g/mol. The molecular weight excluding hydrogens is 607 g/mol. The van der Waals surface area contributed by atoms with Crippen molar-refractivity contribution in [2.24, 2.45) is 0 Å². The van der Waals surface area contributed by atoms with Crippen LogP contribution in [0.3, 0.4) is 0 Å². The predicted molar refractivity (Wildman–Crippen MR) is 212 cm³/mol. The molecule has 0 fully saturated rings. The number of para-hydroxylation sites is 1. The average Bonchev–Trinajstić information content (AvgIpc) is 3.57. The minimum Gasteiger partial charge on any atom is -0.456 e. The number of benzene rings is 9. The van der Waals surface area contributed by atoms with Gasteiger partial charge in [-0.05, 0) is 86.1 Å². The second-order valence-electron chi connectivity index (χ2n) is 12.9. The van der Waals surface area contributed by atoms with Gasteiger partial charge in [-0.15, -0.1) is 0 Å². The summed E-state index contributed by atoms with van der Waals surface area (Å²) in [5.74, 6) is 0. The van der Waals surface area contributed by atoms with Gasteiger partial charge in [-0.2, -0.15) is 0 Å². The summed E-state index contributed by atoms with van der Waals surface area (Å²) < 4.78 is 6.58. The normalized spacial score (nSPS) is 11.6. The molecular formula is C48H31NO. The van der Waals surface area contributed by atoms with E-state index in [4.69, 9.17) is 4.42 Å². The summed E-state index contributed by atoms with van der Waals surface area (Å²) in [7, 11) is 0. The molecule has 0 saturated carbocycles. The van der Waals surface area contributed by atoms with Gasteiger partial charge in [-0.3, -0.25) is 0 Å². The largest absolute Gasteiger partial charge is 0.456 e.